The Kier molecular flexibility index (Phi) is 10.7. The summed E-state index contributed by atoms with van der Waals surface area (Å²) in [6.45, 7) is 7.94. The summed E-state index contributed by atoms with van der Waals surface area (Å²) < 4.78 is 7.46. The number of aliphatic imine (C=N–C) groups is 1. The molecule has 0 spiro atoms. The van der Waals surface area contributed by atoms with Gasteiger partial charge in [-0.1, -0.05) is 12.1 Å². The van der Waals surface area contributed by atoms with E-state index in [9.17, 15) is 0 Å². The van der Waals surface area contributed by atoms with Crippen LogP contribution in [0.2, 0.25) is 0 Å². The Morgan fingerprint density at radius 3 is 2.84 bits per heavy atom. The highest BCUT2D eigenvalue weighted by atomic mass is 127. The quantitative estimate of drug-likeness (QED) is 0.263. The molecule has 0 atom stereocenters. The number of hydrogen-bond acceptors (Lipinski definition) is 3. The van der Waals surface area contributed by atoms with Crippen molar-refractivity contribution in [3.05, 3.63) is 48.3 Å². The van der Waals surface area contributed by atoms with Gasteiger partial charge in [-0.05, 0) is 44.0 Å². The Balaban J connectivity index is 0.00000312. The van der Waals surface area contributed by atoms with Crippen LogP contribution >= 0.6 is 24.0 Å². The second-order valence-electron chi connectivity index (χ2n) is 5.33. The molecule has 0 aliphatic heterocycles. The van der Waals surface area contributed by atoms with E-state index in [-0.39, 0.29) is 24.0 Å². The van der Waals surface area contributed by atoms with Gasteiger partial charge in [-0.3, -0.25) is 4.68 Å². The molecule has 1 aromatic carbocycles. The van der Waals surface area contributed by atoms with E-state index in [1.165, 1.54) is 0 Å². The van der Waals surface area contributed by atoms with Crippen LogP contribution in [0.15, 0.2) is 47.7 Å². The lowest BCUT2D eigenvalue weighted by Crippen LogP contribution is -2.38. The van der Waals surface area contributed by atoms with Gasteiger partial charge in [-0.15, -0.1) is 24.0 Å². The minimum absolute atomic E-state index is 0. The van der Waals surface area contributed by atoms with Gasteiger partial charge in [-0.2, -0.15) is 5.10 Å². The van der Waals surface area contributed by atoms with E-state index < -0.39 is 0 Å². The highest BCUT2D eigenvalue weighted by Gasteiger charge is 1.99. The monoisotopic (exact) mass is 457 g/mol. The zero-order valence-corrected chi connectivity index (χ0v) is 17.3. The highest BCUT2D eigenvalue weighted by Crippen LogP contribution is 2.13. The van der Waals surface area contributed by atoms with Crippen LogP contribution in [0.5, 0.6) is 5.75 Å². The molecule has 0 saturated carbocycles. The number of rotatable bonds is 9. The molecular formula is C18H28IN5O. The van der Waals surface area contributed by atoms with Crippen molar-refractivity contribution in [2.24, 2.45) is 4.99 Å². The van der Waals surface area contributed by atoms with Crippen molar-refractivity contribution in [2.75, 3.05) is 19.7 Å². The van der Waals surface area contributed by atoms with Crippen LogP contribution in [0, 0.1) is 0 Å². The molecule has 6 nitrogen and oxygen atoms in total. The summed E-state index contributed by atoms with van der Waals surface area (Å²) in [4.78, 5) is 4.64. The van der Waals surface area contributed by atoms with Crippen molar-refractivity contribution in [2.45, 2.75) is 33.4 Å². The van der Waals surface area contributed by atoms with Crippen molar-refractivity contribution < 1.29 is 4.74 Å². The normalized spacial score (nSPS) is 10.9. The molecular weight excluding hydrogens is 429 g/mol. The molecule has 0 saturated heterocycles. The number of nitrogens with zero attached hydrogens (tertiary/aromatic N) is 3. The van der Waals surface area contributed by atoms with Crippen LogP contribution in [0.4, 0.5) is 0 Å². The number of nitrogens with one attached hydrogen (secondary N) is 2. The van der Waals surface area contributed by atoms with E-state index in [1.54, 1.807) is 6.20 Å². The Bertz CT molecular complexity index is 616. The number of aromatic nitrogens is 2. The fourth-order valence-corrected chi connectivity index (χ4v) is 2.29. The summed E-state index contributed by atoms with van der Waals surface area (Å²) >= 11 is 0. The van der Waals surface area contributed by atoms with Gasteiger partial charge in [0, 0.05) is 32.0 Å². The predicted molar refractivity (Wildman–Crippen MR) is 113 cm³/mol. The van der Waals surface area contributed by atoms with Crippen molar-refractivity contribution in [1.82, 2.24) is 20.4 Å². The third kappa shape index (κ3) is 8.24. The molecule has 1 heterocycles. The Labute approximate surface area is 167 Å². The average Bonchev–Trinajstić information content (AvgIpc) is 3.10. The molecule has 0 fully saturated rings. The molecule has 25 heavy (non-hydrogen) atoms. The first kappa shape index (κ1) is 21.3. The van der Waals surface area contributed by atoms with Gasteiger partial charge in [0.25, 0.3) is 0 Å². The van der Waals surface area contributed by atoms with Gasteiger partial charge in [0.1, 0.15) is 5.75 Å². The van der Waals surface area contributed by atoms with Crippen molar-refractivity contribution in [1.29, 1.82) is 0 Å². The second-order valence-corrected chi connectivity index (χ2v) is 5.33. The third-order valence-electron chi connectivity index (χ3n) is 3.39. The van der Waals surface area contributed by atoms with E-state index in [0.717, 1.165) is 43.3 Å². The Morgan fingerprint density at radius 2 is 2.12 bits per heavy atom. The number of guanidine groups is 1. The van der Waals surface area contributed by atoms with Gasteiger partial charge in [0.05, 0.1) is 13.2 Å². The average molecular weight is 457 g/mol. The fraction of sp³-hybridized carbons (Fsp3) is 0.444. The summed E-state index contributed by atoms with van der Waals surface area (Å²) in [6.07, 6.45) is 4.77. The van der Waals surface area contributed by atoms with E-state index >= 15 is 0 Å². The minimum Gasteiger partial charge on any atom is -0.494 e. The molecule has 0 aliphatic rings. The van der Waals surface area contributed by atoms with Crippen LogP contribution < -0.4 is 15.4 Å². The van der Waals surface area contributed by atoms with Gasteiger partial charge >= 0.3 is 0 Å². The standard InChI is InChI=1S/C18H27N5O.HI/c1-3-19-18(20-10-6-12-23-13-7-11-22-23)21-15-16-8-5-9-17(14-16)24-4-2;/h5,7-9,11,13-14H,3-4,6,10,12,15H2,1-2H3,(H2,19,20,21);1H. The molecule has 0 unspecified atom stereocenters. The molecule has 0 aliphatic carbocycles. The molecule has 0 amide bonds. The van der Waals surface area contributed by atoms with Crippen LogP contribution in [-0.4, -0.2) is 35.4 Å². The van der Waals surface area contributed by atoms with E-state index in [4.69, 9.17) is 4.74 Å². The summed E-state index contributed by atoms with van der Waals surface area (Å²) in [5, 5.41) is 10.8. The van der Waals surface area contributed by atoms with Crippen molar-refractivity contribution in [3.8, 4) is 5.75 Å². The van der Waals surface area contributed by atoms with E-state index in [2.05, 4.69) is 33.7 Å². The first-order chi connectivity index (χ1) is 11.8. The Morgan fingerprint density at radius 1 is 1.24 bits per heavy atom. The maximum Gasteiger partial charge on any atom is 0.191 e. The number of benzene rings is 1. The molecule has 0 bridgehead atoms. The van der Waals surface area contributed by atoms with Crippen molar-refractivity contribution >= 4 is 29.9 Å². The first-order valence-electron chi connectivity index (χ1n) is 8.53. The van der Waals surface area contributed by atoms with Gasteiger partial charge in [-0.25, -0.2) is 4.99 Å². The van der Waals surface area contributed by atoms with Gasteiger partial charge in [0.15, 0.2) is 5.96 Å². The lowest BCUT2D eigenvalue weighted by Gasteiger charge is -2.11. The smallest absolute Gasteiger partial charge is 0.191 e. The van der Waals surface area contributed by atoms with Crippen molar-refractivity contribution in [3.63, 3.8) is 0 Å². The summed E-state index contributed by atoms with van der Waals surface area (Å²) in [7, 11) is 0. The summed E-state index contributed by atoms with van der Waals surface area (Å²) in [6, 6.07) is 10.0. The molecule has 138 valence electrons. The largest absolute Gasteiger partial charge is 0.494 e. The number of ether oxygens (including phenoxy) is 1. The molecule has 7 heteroatoms. The molecule has 1 aromatic heterocycles. The zero-order chi connectivity index (χ0) is 17.0. The number of hydrogen-bond donors (Lipinski definition) is 2. The molecule has 2 aromatic rings. The molecule has 2 N–H and O–H groups in total. The number of aryl methyl sites for hydroxylation is 1. The number of halogens is 1. The predicted octanol–water partition coefficient (Wildman–Crippen LogP) is 3.05. The maximum atomic E-state index is 5.53. The fourth-order valence-electron chi connectivity index (χ4n) is 2.29. The third-order valence-corrected chi connectivity index (χ3v) is 3.39. The topological polar surface area (TPSA) is 63.5 Å². The first-order valence-corrected chi connectivity index (χ1v) is 8.53. The summed E-state index contributed by atoms with van der Waals surface area (Å²) in [5.41, 5.74) is 1.13. The van der Waals surface area contributed by atoms with Gasteiger partial charge in [0.2, 0.25) is 0 Å². The van der Waals surface area contributed by atoms with Crippen LogP contribution in [0.1, 0.15) is 25.8 Å². The summed E-state index contributed by atoms with van der Waals surface area (Å²) in [5.74, 6) is 1.72. The van der Waals surface area contributed by atoms with Crippen LogP contribution in [0.3, 0.4) is 0 Å². The van der Waals surface area contributed by atoms with Crippen LogP contribution in [0.25, 0.3) is 0 Å². The van der Waals surface area contributed by atoms with Crippen LogP contribution in [-0.2, 0) is 13.1 Å². The Hall–Kier alpha value is -1.77. The maximum absolute atomic E-state index is 5.53. The van der Waals surface area contributed by atoms with E-state index in [1.807, 2.05) is 42.1 Å². The zero-order valence-electron chi connectivity index (χ0n) is 14.9. The lowest BCUT2D eigenvalue weighted by molar-refractivity contribution is 0.340. The SMILES string of the molecule is CCNC(=NCc1cccc(OCC)c1)NCCCn1cccn1.I. The van der Waals surface area contributed by atoms with E-state index in [0.29, 0.717) is 13.2 Å². The highest BCUT2D eigenvalue weighted by molar-refractivity contribution is 14.0. The molecule has 2 rings (SSSR count). The molecule has 0 radical (unpaired) electrons. The lowest BCUT2D eigenvalue weighted by atomic mass is 10.2. The second kappa shape index (κ2) is 12.6. The van der Waals surface area contributed by atoms with Gasteiger partial charge < -0.3 is 15.4 Å². The minimum atomic E-state index is 0.